The number of tetrazole rings is 1. The summed E-state index contributed by atoms with van der Waals surface area (Å²) in [6, 6.07) is 5.76. The van der Waals surface area contributed by atoms with E-state index in [0.29, 0.717) is 24.4 Å². The summed E-state index contributed by atoms with van der Waals surface area (Å²) in [5, 5.41) is 16.0. The van der Waals surface area contributed by atoms with E-state index in [1.54, 1.807) is 0 Å². The second-order valence-corrected chi connectivity index (χ2v) is 6.80. The summed E-state index contributed by atoms with van der Waals surface area (Å²) in [5.41, 5.74) is 0.380. The van der Waals surface area contributed by atoms with Crippen molar-refractivity contribution in [2.75, 3.05) is 20.6 Å². The zero-order chi connectivity index (χ0) is 16.2. The van der Waals surface area contributed by atoms with E-state index >= 15 is 0 Å². The number of carbonyl (C=O) groups excluding carboxylic acids is 1. The Kier molecular flexibility index (Phi) is 4.83. The van der Waals surface area contributed by atoms with Crippen LogP contribution in [0.25, 0.3) is 0 Å². The Balaban J connectivity index is 1.96. The van der Waals surface area contributed by atoms with Crippen LogP contribution in [0.4, 0.5) is 0 Å². The van der Waals surface area contributed by atoms with Crippen LogP contribution in [0.3, 0.4) is 0 Å². The van der Waals surface area contributed by atoms with Crippen LogP contribution in [0.15, 0.2) is 29.2 Å². The van der Waals surface area contributed by atoms with E-state index in [9.17, 15) is 13.2 Å². The van der Waals surface area contributed by atoms with Crippen LogP contribution in [0.1, 0.15) is 16.2 Å². The van der Waals surface area contributed by atoms with Gasteiger partial charge in [0.25, 0.3) is 5.91 Å². The molecule has 1 aromatic heterocycles. The number of nitrogens with one attached hydrogen (secondary N) is 2. The summed E-state index contributed by atoms with van der Waals surface area (Å²) in [6.07, 6.45) is 0.454. The summed E-state index contributed by atoms with van der Waals surface area (Å²) in [4.78, 5) is 12.1. The van der Waals surface area contributed by atoms with Gasteiger partial charge in [-0.05, 0) is 24.3 Å². The topological polar surface area (TPSA) is 121 Å². The van der Waals surface area contributed by atoms with Crippen molar-refractivity contribution in [3.05, 3.63) is 35.7 Å². The van der Waals surface area contributed by atoms with Gasteiger partial charge in [-0.3, -0.25) is 4.79 Å². The maximum atomic E-state index is 11.9. The molecule has 0 aliphatic rings. The minimum absolute atomic E-state index is 0.140. The van der Waals surface area contributed by atoms with Crippen molar-refractivity contribution in [1.82, 2.24) is 30.2 Å². The third-order valence-corrected chi connectivity index (χ3v) is 4.75. The molecule has 9 nitrogen and oxygen atoms in total. The van der Waals surface area contributed by atoms with Gasteiger partial charge < -0.3 is 5.32 Å². The number of benzene rings is 1. The molecule has 0 saturated carbocycles. The van der Waals surface area contributed by atoms with Gasteiger partial charge in [-0.1, -0.05) is 5.21 Å². The van der Waals surface area contributed by atoms with Gasteiger partial charge in [0.05, 0.1) is 4.90 Å². The number of sulfonamides is 1. The number of hydrogen-bond acceptors (Lipinski definition) is 6. The van der Waals surface area contributed by atoms with Crippen LogP contribution in [0.2, 0.25) is 0 Å². The SMILES string of the molecule is CN(C)S(=O)(=O)c1ccc(C(=O)NCCc2nn[nH]n2)cc1. The Bertz CT molecular complexity index is 725. The summed E-state index contributed by atoms with van der Waals surface area (Å²) in [5.74, 6) is 0.213. The van der Waals surface area contributed by atoms with Crippen LogP contribution < -0.4 is 5.32 Å². The second-order valence-electron chi connectivity index (χ2n) is 4.65. The van der Waals surface area contributed by atoms with E-state index in [4.69, 9.17) is 0 Å². The Morgan fingerprint density at radius 1 is 1.27 bits per heavy atom. The molecule has 0 unspecified atom stereocenters. The van der Waals surface area contributed by atoms with E-state index in [0.717, 1.165) is 4.31 Å². The molecule has 118 valence electrons. The normalized spacial score (nSPS) is 11.6. The first-order chi connectivity index (χ1) is 10.4. The molecule has 0 aliphatic carbocycles. The highest BCUT2D eigenvalue weighted by atomic mass is 32.2. The van der Waals surface area contributed by atoms with E-state index in [1.165, 1.54) is 38.4 Å². The van der Waals surface area contributed by atoms with Gasteiger partial charge in [0.1, 0.15) is 0 Å². The monoisotopic (exact) mass is 324 g/mol. The van der Waals surface area contributed by atoms with Crippen LogP contribution >= 0.6 is 0 Å². The van der Waals surface area contributed by atoms with Gasteiger partial charge in [0.15, 0.2) is 5.82 Å². The first-order valence-electron chi connectivity index (χ1n) is 6.44. The number of amides is 1. The van der Waals surface area contributed by atoms with Crippen LogP contribution in [-0.2, 0) is 16.4 Å². The minimum Gasteiger partial charge on any atom is -0.352 e. The lowest BCUT2D eigenvalue weighted by Gasteiger charge is -2.11. The minimum atomic E-state index is -3.49. The molecule has 2 aromatic rings. The number of carbonyl (C=O) groups is 1. The van der Waals surface area contributed by atoms with Gasteiger partial charge in [0.2, 0.25) is 10.0 Å². The van der Waals surface area contributed by atoms with Crippen molar-refractivity contribution in [2.24, 2.45) is 0 Å². The molecule has 1 heterocycles. The fraction of sp³-hybridized carbons (Fsp3) is 0.333. The molecule has 0 spiro atoms. The van der Waals surface area contributed by atoms with Crippen molar-refractivity contribution >= 4 is 15.9 Å². The number of H-pyrrole nitrogens is 1. The van der Waals surface area contributed by atoms with Crippen molar-refractivity contribution < 1.29 is 13.2 Å². The predicted molar refractivity (Wildman–Crippen MR) is 77.5 cm³/mol. The highest BCUT2D eigenvalue weighted by Gasteiger charge is 2.17. The lowest BCUT2D eigenvalue weighted by atomic mass is 10.2. The number of nitrogens with zero attached hydrogens (tertiary/aromatic N) is 4. The van der Waals surface area contributed by atoms with Crippen LogP contribution in [-0.4, -0.2) is 59.9 Å². The van der Waals surface area contributed by atoms with Crippen LogP contribution in [0.5, 0.6) is 0 Å². The second kappa shape index (κ2) is 6.62. The molecule has 1 amide bonds. The van der Waals surface area contributed by atoms with Gasteiger partial charge in [-0.15, -0.1) is 10.2 Å². The molecular weight excluding hydrogens is 308 g/mol. The highest BCUT2D eigenvalue weighted by Crippen LogP contribution is 2.13. The lowest BCUT2D eigenvalue weighted by Crippen LogP contribution is -2.26. The average molecular weight is 324 g/mol. The number of rotatable bonds is 6. The first-order valence-corrected chi connectivity index (χ1v) is 7.88. The van der Waals surface area contributed by atoms with Gasteiger partial charge in [-0.25, -0.2) is 12.7 Å². The zero-order valence-corrected chi connectivity index (χ0v) is 13.0. The molecule has 0 saturated heterocycles. The third-order valence-electron chi connectivity index (χ3n) is 2.92. The average Bonchev–Trinajstić information content (AvgIpc) is 3.00. The Morgan fingerprint density at radius 2 is 1.95 bits per heavy atom. The largest absolute Gasteiger partial charge is 0.352 e. The van der Waals surface area contributed by atoms with Crippen LogP contribution in [0, 0.1) is 0 Å². The molecule has 0 fully saturated rings. The van der Waals surface area contributed by atoms with Crippen molar-refractivity contribution in [3.63, 3.8) is 0 Å². The van der Waals surface area contributed by atoms with E-state index in [2.05, 4.69) is 25.9 Å². The molecule has 0 bridgehead atoms. The smallest absolute Gasteiger partial charge is 0.251 e. The van der Waals surface area contributed by atoms with E-state index in [1.807, 2.05) is 0 Å². The Hall–Kier alpha value is -2.33. The third kappa shape index (κ3) is 3.65. The number of aromatic nitrogens is 4. The highest BCUT2D eigenvalue weighted by molar-refractivity contribution is 7.89. The summed E-state index contributed by atoms with van der Waals surface area (Å²) >= 11 is 0. The summed E-state index contributed by atoms with van der Waals surface area (Å²) in [7, 11) is -0.587. The number of aromatic amines is 1. The molecule has 0 aliphatic heterocycles. The maximum Gasteiger partial charge on any atom is 0.251 e. The summed E-state index contributed by atoms with van der Waals surface area (Å²) < 4.78 is 25.0. The maximum absolute atomic E-state index is 11.9. The number of hydrogen-bond donors (Lipinski definition) is 2. The molecule has 22 heavy (non-hydrogen) atoms. The van der Waals surface area contributed by atoms with Crippen molar-refractivity contribution in [2.45, 2.75) is 11.3 Å². The summed E-state index contributed by atoms with van der Waals surface area (Å²) in [6.45, 7) is 0.357. The molecule has 2 rings (SSSR count). The predicted octanol–water partition coefficient (Wildman–Crippen LogP) is -0.577. The molecular formula is C12H16N6O3S. The van der Waals surface area contributed by atoms with Gasteiger partial charge in [0, 0.05) is 32.6 Å². The standard InChI is InChI=1S/C12H16N6O3S/c1-18(2)22(20,21)10-5-3-9(4-6-10)12(19)13-8-7-11-14-16-17-15-11/h3-6H,7-8H2,1-2H3,(H,13,19)(H,14,15,16,17). The molecule has 0 atom stereocenters. The van der Waals surface area contributed by atoms with Gasteiger partial charge >= 0.3 is 0 Å². The molecule has 10 heteroatoms. The fourth-order valence-electron chi connectivity index (χ4n) is 1.67. The van der Waals surface area contributed by atoms with E-state index in [-0.39, 0.29) is 10.8 Å². The molecule has 1 aromatic carbocycles. The zero-order valence-electron chi connectivity index (χ0n) is 12.1. The van der Waals surface area contributed by atoms with Gasteiger partial charge in [-0.2, -0.15) is 5.21 Å². The molecule has 0 radical (unpaired) electrons. The van der Waals surface area contributed by atoms with Crippen molar-refractivity contribution in [3.8, 4) is 0 Å². The fourth-order valence-corrected chi connectivity index (χ4v) is 2.57. The lowest BCUT2D eigenvalue weighted by molar-refractivity contribution is 0.0954. The molecule has 2 N–H and O–H groups in total. The van der Waals surface area contributed by atoms with Crippen molar-refractivity contribution in [1.29, 1.82) is 0 Å². The van der Waals surface area contributed by atoms with E-state index < -0.39 is 10.0 Å². The Labute approximate surface area is 127 Å². The first kappa shape index (κ1) is 16.0. The quantitative estimate of drug-likeness (QED) is 0.733. The Morgan fingerprint density at radius 3 is 2.50 bits per heavy atom.